The lowest BCUT2D eigenvalue weighted by Crippen LogP contribution is -2.05. The van der Waals surface area contributed by atoms with Crippen molar-refractivity contribution in [2.45, 2.75) is 21.8 Å². The molecule has 0 aliphatic rings. The van der Waals surface area contributed by atoms with Crippen molar-refractivity contribution in [2.24, 2.45) is 0 Å². The zero-order valence-electron chi connectivity index (χ0n) is 6.76. The molecule has 0 aromatic heterocycles. The number of rotatable bonds is 7. The lowest BCUT2D eigenvalue weighted by atomic mass is 10.7. The van der Waals surface area contributed by atoms with Crippen molar-refractivity contribution >= 4 is 11.8 Å². The summed E-state index contributed by atoms with van der Waals surface area (Å²) in [5, 5.41) is 0. The molecule has 0 saturated heterocycles. The maximum Gasteiger partial charge on any atom is 0.0700 e. The van der Waals surface area contributed by atoms with Gasteiger partial charge in [-0.3, -0.25) is 0 Å². The number of thioether (sulfide) groups is 1. The average Bonchev–Trinajstić information content (AvgIpc) is 1.97. The van der Waals surface area contributed by atoms with Gasteiger partial charge >= 0.3 is 0 Å². The topological polar surface area (TPSA) is 18.5 Å². The SMILES string of the molecule is C.C.CCOCCOCCSC. The van der Waals surface area contributed by atoms with Gasteiger partial charge in [-0.1, -0.05) is 14.9 Å². The van der Waals surface area contributed by atoms with Crippen LogP contribution in [0, 0.1) is 0 Å². The van der Waals surface area contributed by atoms with Gasteiger partial charge in [0.1, 0.15) is 0 Å². The molecule has 0 heterocycles. The lowest BCUT2D eigenvalue weighted by molar-refractivity contribution is 0.0594. The molecule has 0 amide bonds. The van der Waals surface area contributed by atoms with Gasteiger partial charge in [0.05, 0.1) is 19.8 Å². The molecular formula is C9H24O2S. The Bertz CT molecular complexity index is 52.5. The van der Waals surface area contributed by atoms with Gasteiger partial charge in [-0.05, 0) is 13.2 Å². The predicted molar refractivity (Wildman–Crippen MR) is 59.2 cm³/mol. The summed E-state index contributed by atoms with van der Waals surface area (Å²) in [7, 11) is 0. The van der Waals surface area contributed by atoms with Crippen LogP contribution in [0.1, 0.15) is 21.8 Å². The highest BCUT2D eigenvalue weighted by Crippen LogP contribution is 1.90. The van der Waals surface area contributed by atoms with Gasteiger partial charge in [-0.25, -0.2) is 0 Å². The van der Waals surface area contributed by atoms with Crippen molar-refractivity contribution < 1.29 is 9.47 Å². The number of hydrogen-bond donors (Lipinski definition) is 0. The summed E-state index contributed by atoms with van der Waals surface area (Å²) < 4.78 is 10.3. The predicted octanol–water partition coefficient (Wildman–Crippen LogP) is 2.67. The standard InChI is InChI=1S/C7H16O2S.2CH4/c1-3-8-4-5-9-6-7-10-2;;/h3-7H2,1-2H3;2*1H4. The van der Waals surface area contributed by atoms with Crippen LogP contribution in [-0.4, -0.2) is 38.4 Å². The van der Waals surface area contributed by atoms with Crippen LogP contribution in [0.25, 0.3) is 0 Å². The molecule has 2 nitrogen and oxygen atoms in total. The quantitative estimate of drug-likeness (QED) is 0.583. The van der Waals surface area contributed by atoms with E-state index in [9.17, 15) is 0 Å². The Kier molecular flexibility index (Phi) is 26.3. The van der Waals surface area contributed by atoms with Gasteiger partial charge < -0.3 is 9.47 Å². The van der Waals surface area contributed by atoms with Gasteiger partial charge in [0.15, 0.2) is 0 Å². The minimum absolute atomic E-state index is 0. The molecule has 12 heavy (non-hydrogen) atoms. The molecule has 0 N–H and O–H groups in total. The highest BCUT2D eigenvalue weighted by Gasteiger charge is 1.86. The van der Waals surface area contributed by atoms with Gasteiger partial charge in [0, 0.05) is 12.4 Å². The molecule has 0 unspecified atom stereocenters. The number of hydrogen-bond acceptors (Lipinski definition) is 3. The molecule has 0 rings (SSSR count). The number of ether oxygens (including phenoxy) is 2. The maximum atomic E-state index is 5.23. The largest absolute Gasteiger partial charge is 0.379 e. The molecule has 0 fully saturated rings. The smallest absolute Gasteiger partial charge is 0.0700 e. The van der Waals surface area contributed by atoms with E-state index in [4.69, 9.17) is 9.47 Å². The molecule has 0 atom stereocenters. The zero-order chi connectivity index (χ0) is 7.66. The summed E-state index contributed by atoms with van der Waals surface area (Å²) >= 11 is 1.80. The average molecular weight is 196 g/mol. The Morgan fingerprint density at radius 3 is 2.08 bits per heavy atom. The molecule has 0 bridgehead atoms. The second-order valence-electron chi connectivity index (χ2n) is 1.80. The third-order valence-corrected chi connectivity index (χ3v) is 1.58. The van der Waals surface area contributed by atoms with E-state index >= 15 is 0 Å². The molecule has 0 spiro atoms. The van der Waals surface area contributed by atoms with Gasteiger partial charge in [-0.15, -0.1) is 0 Å². The Labute approximate surface area is 82.0 Å². The first-order chi connectivity index (χ1) is 4.91. The summed E-state index contributed by atoms with van der Waals surface area (Å²) in [5.41, 5.74) is 0. The first-order valence-electron chi connectivity index (χ1n) is 3.56. The highest BCUT2D eigenvalue weighted by atomic mass is 32.2. The Balaban J connectivity index is -0.000000405. The Hall–Kier alpha value is 0.270. The second-order valence-corrected chi connectivity index (χ2v) is 2.79. The first-order valence-corrected chi connectivity index (χ1v) is 4.95. The van der Waals surface area contributed by atoms with Crippen LogP contribution in [0.2, 0.25) is 0 Å². The van der Waals surface area contributed by atoms with E-state index in [2.05, 4.69) is 6.26 Å². The Morgan fingerprint density at radius 2 is 1.58 bits per heavy atom. The molecular weight excluding hydrogens is 172 g/mol. The zero-order valence-corrected chi connectivity index (χ0v) is 7.58. The third kappa shape index (κ3) is 16.7. The van der Waals surface area contributed by atoms with Gasteiger partial charge in [-0.2, -0.15) is 11.8 Å². The van der Waals surface area contributed by atoms with E-state index < -0.39 is 0 Å². The molecule has 0 radical (unpaired) electrons. The van der Waals surface area contributed by atoms with Crippen molar-refractivity contribution in [3.8, 4) is 0 Å². The summed E-state index contributed by atoms with van der Waals surface area (Å²) in [4.78, 5) is 0. The van der Waals surface area contributed by atoms with Crippen molar-refractivity contribution in [3.63, 3.8) is 0 Å². The molecule has 0 aliphatic heterocycles. The van der Waals surface area contributed by atoms with E-state index in [1.165, 1.54) is 0 Å². The van der Waals surface area contributed by atoms with Crippen LogP contribution in [0.15, 0.2) is 0 Å². The summed E-state index contributed by atoms with van der Waals surface area (Å²) in [5.74, 6) is 1.08. The van der Waals surface area contributed by atoms with Crippen molar-refractivity contribution in [1.82, 2.24) is 0 Å². The molecule has 0 aromatic carbocycles. The molecule has 0 saturated carbocycles. The van der Waals surface area contributed by atoms with Crippen molar-refractivity contribution in [1.29, 1.82) is 0 Å². The van der Waals surface area contributed by atoms with Crippen LogP contribution >= 0.6 is 11.8 Å². The van der Waals surface area contributed by atoms with Crippen LogP contribution in [-0.2, 0) is 9.47 Å². The van der Waals surface area contributed by atoms with Crippen LogP contribution < -0.4 is 0 Å². The van der Waals surface area contributed by atoms with Crippen LogP contribution in [0.4, 0.5) is 0 Å². The summed E-state index contributed by atoms with van der Waals surface area (Å²) in [6, 6.07) is 0. The fourth-order valence-electron chi connectivity index (χ4n) is 0.507. The van der Waals surface area contributed by atoms with E-state index in [-0.39, 0.29) is 14.9 Å². The minimum Gasteiger partial charge on any atom is -0.379 e. The van der Waals surface area contributed by atoms with Gasteiger partial charge in [0.2, 0.25) is 0 Å². The molecule has 78 valence electrons. The van der Waals surface area contributed by atoms with Crippen LogP contribution in [0.5, 0.6) is 0 Å². The van der Waals surface area contributed by atoms with E-state index in [0.717, 1.165) is 32.2 Å². The fourth-order valence-corrected chi connectivity index (χ4v) is 0.791. The second kappa shape index (κ2) is 17.4. The lowest BCUT2D eigenvalue weighted by Gasteiger charge is -2.01. The summed E-state index contributed by atoms with van der Waals surface area (Å²) in [6.45, 7) is 5.07. The Morgan fingerprint density at radius 1 is 1.00 bits per heavy atom. The minimum atomic E-state index is 0. The first kappa shape index (κ1) is 18.1. The van der Waals surface area contributed by atoms with E-state index in [1.807, 2.05) is 6.92 Å². The normalized spacial score (nSPS) is 8.50. The van der Waals surface area contributed by atoms with Crippen molar-refractivity contribution in [3.05, 3.63) is 0 Å². The highest BCUT2D eigenvalue weighted by molar-refractivity contribution is 7.98. The van der Waals surface area contributed by atoms with E-state index in [1.54, 1.807) is 11.8 Å². The van der Waals surface area contributed by atoms with Gasteiger partial charge in [0.25, 0.3) is 0 Å². The summed E-state index contributed by atoms with van der Waals surface area (Å²) in [6.07, 6.45) is 2.08. The van der Waals surface area contributed by atoms with Crippen molar-refractivity contribution in [2.75, 3.05) is 38.4 Å². The fraction of sp³-hybridized carbons (Fsp3) is 1.00. The molecule has 0 aliphatic carbocycles. The third-order valence-electron chi connectivity index (χ3n) is 1.01. The van der Waals surface area contributed by atoms with Crippen LogP contribution in [0.3, 0.4) is 0 Å². The van der Waals surface area contributed by atoms with E-state index in [0.29, 0.717) is 0 Å². The maximum absolute atomic E-state index is 5.23. The molecule has 3 heteroatoms. The molecule has 0 aromatic rings. The monoisotopic (exact) mass is 196 g/mol.